The molecule has 0 aliphatic heterocycles. The molecule has 3 N–H and O–H groups in total. The van der Waals surface area contributed by atoms with Gasteiger partial charge in [-0.05, 0) is 41.5 Å². The van der Waals surface area contributed by atoms with Gasteiger partial charge >= 0.3 is 12.1 Å². The fourth-order valence-electron chi connectivity index (χ4n) is 3.86. The summed E-state index contributed by atoms with van der Waals surface area (Å²) in [5, 5.41) is 14.1. The zero-order valence-electron chi connectivity index (χ0n) is 17.6. The van der Waals surface area contributed by atoms with Crippen molar-refractivity contribution in [3.8, 4) is 11.1 Å². The molecular formula is C24H28N2O5. The first-order chi connectivity index (χ1) is 15.0. The summed E-state index contributed by atoms with van der Waals surface area (Å²) in [6.45, 7) is 2.35. The molecule has 1 aliphatic carbocycles. The number of fused-ring (bicyclic) bond motifs is 3. The number of unbranched alkanes of at least 4 members (excludes halogenated alkanes) is 1. The molecule has 2 aromatic rings. The highest BCUT2D eigenvalue weighted by molar-refractivity contribution is 5.83. The maximum Gasteiger partial charge on any atom is 0.407 e. The second-order valence-electron chi connectivity index (χ2n) is 7.58. The minimum Gasteiger partial charge on any atom is -0.480 e. The van der Waals surface area contributed by atoms with Crippen LogP contribution in [0.1, 0.15) is 49.7 Å². The quantitative estimate of drug-likeness (QED) is 0.505. The standard InChI is InChI=1S/C24H28N2O5/c1-2-21(23(28)29)26-22(27)13-7-8-14-25-24(30)31-15-20-18-11-5-3-9-16(18)17-10-4-6-12-19(17)20/h3-6,9-12,20-21H,2,7-8,13-15H2,1H3,(H,25,30)(H,26,27)(H,28,29)/t21-/m1/s1. The van der Waals surface area contributed by atoms with Crippen LogP contribution in [0.15, 0.2) is 48.5 Å². The Bertz CT molecular complexity index is 898. The van der Waals surface area contributed by atoms with Crippen molar-refractivity contribution in [3.63, 3.8) is 0 Å². The van der Waals surface area contributed by atoms with Crippen molar-refractivity contribution in [2.24, 2.45) is 0 Å². The molecule has 0 unspecified atom stereocenters. The summed E-state index contributed by atoms with van der Waals surface area (Å²) in [6, 6.07) is 15.5. The third kappa shape index (κ3) is 5.63. The largest absolute Gasteiger partial charge is 0.480 e. The molecule has 0 fully saturated rings. The van der Waals surface area contributed by atoms with E-state index in [4.69, 9.17) is 9.84 Å². The lowest BCUT2D eigenvalue weighted by Crippen LogP contribution is -2.40. The average molecular weight is 424 g/mol. The van der Waals surface area contributed by atoms with Crippen LogP contribution in [-0.4, -0.2) is 42.3 Å². The summed E-state index contributed by atoms with van der Waals surface area (Å²) in [5.41, 5.74) is 4.68. The first-order valence-corrected chi connectivity index (χ1v) is 10.6. The highest BCUT2D eigenvalue weighted by Gasteiger charge is 2.28. The molecule has 1 atom stereocenters. The number of hydrogen-bond donors (Lipinski definition) is 3. The van der Waals surface area contributed by atoms with Gasteiger partial charge in [0.25, 0.3) is 0 Å². The fourth-order valence-corrected chi connectivity index (χ4v) is 3.86. The Balaban J connectivity index is 1.39. The Labute approximate surface area is 181 Å². The van der Waals surface area contributed by atoms with Crippen molar-refractivity contribution in [2.45, 2.75) is 44.6 Å². The fraction of sp³-hybridized carbons (Fsp3) is 0.375. The van der Waals surface area contributed by atoms with Gasteiger partial charge in [-0.15, -0.1) is 0 Å². The lowest BCUT2D eigenvalue weighted by molar-refractivity contribution is -0.141. The van der Waals surface area contributed by atoms with Crippen LogP contribution < -0.4 is 10.6 Å². The number of aliphatic carboxylic acids is 1. The lowest BCUT2D eigenvalue weighted by atomic mass is 9.98. The summed E-state index contributed by atoms with van der Waals surface area (Å²) in [4.78, 5) is 34.8. The smallest absolute Gasteiger partial charge is 0.407 e. The van der Waals surface area contributed by atoms with Crippen LogP contribution >= 0.6 is 0 Å². The van der Waals surface area contributed by atoms with Gasteiger partial charge in [0, 0.05) is 18.9 Å². The highest BCUT2D eigenvalue weighted by Crippen LogP contribution is 2.44. The molecule has 3 rings (SSSR count). The van der Waals surface area contributed by atoms with E-state index >= 15 is 0 Å². The zero-order valence-corrected chi connectivity index (χ0v) is 17.6. The second kappa shape index (κ2) is 10.6. The number of benzene rings is 2. The molecule has 0 heterocycles. The van der Waals surface area contributed by atoms with Crippen LogP contribution in [0.3, 0.4) is 0 Å². The summed E-state index contributed by atoms with van der Waals surface area (Å²) in [6.07, 6.45) is 1.22. The third-order valence-electron chi connectivity index (χ3n) is 5.49. The van der Waals surface area contributed by atoms with Gasteiger partial charge in [0.2, 0.25) is 5.91 Å². The van der Waals surface area contributed by atoms with E-state index in [1.807, 2.05) is 24.3 Å². The number of carboxylic acids is 1. The predicted octanol–water partition coefficient (Wildman–Crippen LogP) is 3.67. The van der Waals surface area contributed by atoms with Crippen LogP contribution in [-0.2, 0) is 14.3 Å². The van der Waals surface area contributed by atoms with Gasteiger partial charge in [0.1, 0.15) is 12.6 Å². The van der Waals surface area contributed by atoms with Crippen molar-refractivity contribution >= 4 is 18.0 Å². The van der Waals surface area contributed by atoms with E-state index in [1.165, 1.54) is 11.1 Å². The minimum atomic E-state index is -1.03. The number of alkyl carbamates (subject to hydrolysis) is 1. The molecule has 1 aliphatic rings. The normalized spacial score (nSPS) is 13.1. The van der Waals surface area contributed by atoms with Gasteiger partial charge in [-0.2, -0.15) is 0 Å². The highest BCUT2D eigenvalue weighted by atomic mass is 16.5. The summed E-state index contributed by atoms with van der Waals surface area (Å²) < 4.78 is 5.47. The van der Waals surface area contributed by atoms with Crippen LogP contribution in [0.25, 0.3) is 11.1 Å². The maximum absolute atomic E-state index is 12.1. The van der Waals surface area contributed by atoms with Crippen molar-refractivity contribution in [1.29, 1.82) is 0 Å². The maximum atomic E-state index is 12.1. The molecular weight excluding hydrogens is 396 g/mol. The molecule has 0 saturated carbocycles. The topological polar surface area (TPSA) is 105 Å². The number of nitrogens with one attached hydrogen (secondary N) is 2. The molecule has 2 amide bonds. The van der Waals surface area contributed by atoms with E-state index in [0.717, 1.165) is 11.1 Å². The Morgan fingerprint density at radius 3 is 2.19 bits per heavy atom. The van der Waals surface area contributed by atoms with Crippen molar-refractivity contribution in [1.82, 2.24) is 10.6 Å². The van der Waals surface area contributed by atoms with E-state index in [1.54, 1.807) is 6.92 Å². The SMILES string of the molecule is CC[C@@H](NC(=O)CCCCNC(=O)OCC1c2ccccc2-c2ccccc21)C(=O)O. The molecule has 0 bridgehead atoms. The Morgan fingerprint density at radius 1 is 1.00 bits per heavy atom. The van der Waals surface area contributed by atoms with Crippen LogP contribution in [0.4, 0.5) is 4.79 Å². The first-order valence-electron chi connectivity index (χ1n) is 10.6. The number of ether oxygens (including phenoxy) is 1. The number of carbonyl (C=O) groups is 3. The number of carboxylic acid groups (broad SMARTS) is 1. The Kier molecular flexibility index (Phi) is 7.65. The predicted molar refractivity (Wildman–Crippen MR) is 117 cm³/mol. The van der Waals surface area contributed by atoms with E-state index < -0.39 is 18.1 Å². The minimum absolute atomic E-state index is 0.0163. The third-order valence-corrected chi connectivity index (χ3v) is 5.49. The van der Waals surface area contributed by atoms with Crippen molar-refractivity contribution < 1.29 is 24.2 Å². The first kappa shape index (κ1) is 22.3. The van der Waals surface area contributed by atoms with Gasteiger partial charge in [-0.25, -0.2) is 9.59 Å². The average Bonchev–Trinajstić information content (AvgIpc) is 3.09. The molecule has 0 radical (unpaired) electrons. The molecule has 164 valence electrons. The molecule has 0 saturated heterocycles. The van der Waals surface area contributed by atoms with Gasteiger partial charge in [0.05, 0.1) is 0 Å². The summed E-state index contributed by atoms with van der Waals surface area (Å²) in [7, 11) is 0. The number of hydrogen-bond acceptors (Lipinski definition) is 4. The zero-order chi connectivity index (χ0) is 22.2. The Morgan fingerprint density at radius 2 is 1.61 bits per heavy atom. The molecule has 31 heavy (non-hydrogen) atoms. The summed E-state index contributed by atoms with van der Waals surface area (Å²) in [5.74, 6) is -1.31. The molecule has 0 spiro atoms. The van der Waals surface area contributed by atoms with Crippen LogP contribution in [0, 0.1) is 0 Å². The van der Waals surface area contributed by atoms with Crippen LogP contribution in [0.5, 0.6) is 0 Å². The van der Waals surface area contributed by atoms with E-state index in [2.05, 4.69) is 34.9 Å². The van der Waals surface area contributed by atoms with Gasteiger partial charge in [0.15, 0.2) is 0 Å². The molecule has 0 aromatic heterocycles. The number of amides is 2. The van der Waals surface area contributed by atoms with Gasteiger partial charge in [-0.1, -0.05) is 55.5 Å². The van der Waals surface area contributed by atoms with Gasteiger partial charge < -0.3 is 20.5 Å². The van der Waals surface area contributed by atoms with Gasteiger partial charge in [-0.3, -0.25) is 4.79 Å². The molecule has 2 aromatic carbocycles. The summed E-state index contributed by atoms with van der Waals surface area (Å²) >= 11 is 0. The second-order valence-corrected chi connectivity index (χ2v) is 7.58. The monoisotopic (exact) mass is 424 g/mol. The lowest BCUT2D eigenvalue weighted by Gasteiger charge is -2.14. The van der Waals surface area contributed by atoms with Crippen LogP contribution in [0.2, 0.25) is 0 Å². The van der Waals surface area contributed by atoms with E-state index in [0.29, 0.717) is 25.8 Å². The van der Waals surface area contributed by atoms with E-state index in [9.17, 15) is 14.4 Å². The Hall–Kier alpha value is -3.35. The molecule has 7 nitrogen and oxygen atoms in total. The number of rotatable bonds is 10. The molecule has 7 heteroatoms. The number of carbonyl (C=O) groups excluding carboxylic acids is 2. The van der Waals surface area contributed by atoms with E-state index in [-0.39, 0.29) is 24.9 Å². The van der Waals surface area contributed by atoms with Crippen molar-refractivity contribution in [3.05, 3.63) is 59.7 Å². The van der Waals surface area contributed by atoms with Crippen molar-refractivity contribution in [2.75, 3.05) is 13.2 Å².